The number of hydrogen-bond acceptors (Lipinski definition) is 8. The van der Waals surface area contributed by atoms with Crippen LogP contribution in [0.1, 0.15) is 32.8 Å². The van der Waals surface area contributed by atoms with Crippen molar-refractivity contribution >= 4 is 50.7 Å². The molecule has 47 heavy (non-hydrogen) atoms. The van der Waals surface area contributed by atoms with Crippen molar-refractivity contribution in [2.45, 2.75) is 44.7 Å². The van der Waals surface area contributed by atoms with E-state index in [-0.39, 0.29) is 51.0 Å². The fourth-order valence-corrected chi connectivity index (χ4v) is 6.75. The number of rotatable bonds is 16. The van der Waals surface area contributed by atoms with Crippen molar-refractivity contribution in [1.82, 2.24) is 10.2 Å². The topological polar surface area (TPSA) is 124 Å². The SMILES string of the molecule is CC[C@H](C(=O)NCC(C)C)N(Cc1c(Cl)cccc1Cl)C(=O)CN(c1cc(OC)ccc1OC)S(=O)(=O)c1ccc(OC)c(OC)c1. The highest BCUT2D eigenvalue weighted by atomic mass is 35.5. The Labute approximate surface area is 286 Å². The van der Waals surface area contributed by atoms with Gasteiger partial charge in [0.15, 0.2) is 11.5 Å². The second kappa shape index (κ2) is 16.8. The van der Waals surface area contributed by atoms with Crippen molar-refractivity contribution in [2.24, 2.45) is 5.92 Å². The minimum absolute atomic E-state index is 0.0306. The Morgan fingerprint density at radius 2 is 1.47 bits per heavy atom. The molecule has 0 aliphatic rings. The lowest BCUT2D eigenvalue weighted by atomic mass is 10.1. The molecule has 3 rings (SSSR count). The van der Waals surface area contributed by atoms with Gasteiger partial charge in [0, 0.05) is 40.8 Å². The van der Waals surface area contributed by atoms with Gasteiger partial charge < -0.3 is 29.2 Å². The summed E-state index contributed by atoms with van der Waals surface area (Å²) in [5.41, 5.74) is 0.440. The lowest BCUT2D eigenvalue weighted by Gasteiger charge is -2.34. The minimum atomic E-state index is -4.50. The number of anilines is 1. The molecule has 0 bridgehead atoms. The Bertz CT molecular complexity index is 1650. The van der Waals surface area contributed by atoms with Gasteiger partial charge in [-0.15, -0.1) is 0 Å². The van der Waals surface area contributed by atoms with E-state index in [0.29, 0.717) is 23.6 Å². The van der Waals surface area contributed by atoms with Gasteiger partial charge in [0.2, 0.25) is 11.8 Å². The molecule has 0 unspecified atom stereocenters. The van der Waals surface area contributed by atoms with Gasteiger partial charge in [0.05, 0.1) is 39.0 Å². The molecule has 0 radical (unpaired) electrons. The number of nitrogens with one attached hydrogen (secondary N) is 1. The summed E-state index contributed by atoms with van der Waals surface area (Å²) in [6, 6.07) is 12.6. The van der Waals surface area contributed by atoms with Crippen molar-refractivity contribution in [3.05, 3.63) is 70.2 Å². The molecule has 0 aliphatic carbocycles. The normalized spacial score (nSPS) is 11.9. The first-order valence-corrected chi connectivity index (χ1v) is 17.0. The highest BCUT2D eigenvalue weighted by molar-refractivity contribution is 7.92. The van der Waals surface area contributed by atoms with Crippen molar-refractivity contribution in [3.63, 3.8) is 0 Å². The van der Waals surface area contributed by atoms with Gasteiger partial charge in [-0.25, -0.2) is 8.42 Å². The number of carbonyl (C=O) groups excluding carboxylic acids is 2. The van der Waals surface area contributed by atoms with Crippen LogP contribution in [-0.2, 0) is 26.2 Å². The zero-order chi connectivity index (χ0) is 34.9. The molecule has 1 atom stereocenters. The number of benzene rings is 3. The van der Waals surface area contributed by atoms with Crippen LogP contribution in [0.4, 0.5) is 5.69 Å². The molecule has 0 aliphatic heterocycles. The second-order valence-corrected chi connectivity index (χ2v) is 13.5. The van der Waals surface area contributed by atoms with E-state index >= 15 is 0 Å². The Balaban J connectivity index is 2.22. The molecule has 0 fully saturated rings. The van der Waals surface area contributed by atoms with E-state index in [2.05, 4.69) is 5.32 Å². The first-order valence-electron chi connectivity index (χ1n) is 14.8. The fraction of sp³-hybridized carbons (Fsp3) is 0.394. The lowest BCUT2D eigenvalue weighted by Crippen LogP contribution is -2.52. The van der Waals surface area contributed by atoms with E-state index in [1.54, 1.807) is 31.2 Å². The van der Waals surface area contributed by atoms with Crippen LogP contribution in [0, 0.1) is 5.92 Å². The zero-order valence-electron chi connectivity index (χ0n) is 27.5. The summed E-state index contributed by atoms with van der Waals surface area (Å²) in [5.74, 6) is 0.0214. The number of nitrogens with zero attached hydrogens (tertiary/aromatic N) is 2. The van der Waals surface area contributed by atoms with Gasteiger partial charge in [0.1, 0.15) is 24.1 Å². The smallest absolute Gasteiger partial charge is 0.265 e. The van der Waals surface area contributed by atoms with E-state index in [9.17, 15) is 18.0 Å². The highest BCUT2D eigenvalue weighted by Gasteiger charge is 2.36. The van der Waals surface area contributed by atoms with E-state index < -0.39 is 34.4 Å². The first kappa shape index (κ1) is 37.6. The molecule has 0 spiro atoms. The summed E-state index contributed by atoms with van der Waals surface area (Å²) in [7, 11) is 1.13. The maximum absolute atomic E-state index is 14.5. The van der Waals surface area contributed by atoms with Crippen molar-refractivity contribution < 1.29 is 37.0 Å². The Morgan fingerprint density at radius 3 is 2.02 bits per heavy atom. The predicted octanol–water partition coefficient (Wildman–Crippen LogP) is 5.80. The molecule has 0 saturated carbocycles. The van der Waals surface area contributed by atoms with Crippen LogP contribution in [0.5, 0.6) is 23.0 Å². The summed E-state index contributed by atoms with van der Waals surface area (Å²) >= 11 is 13.0. The molecule has 0 aromatic heterocycles. The number of carbonyl (C=O) groups is 2. The van der Waals surface area contributed by atoms with E-state index in [1.807, 2.05) is 13.8 Å². The number of sulfonamides is 1. The molecule has 0 saturated heterocycles. The number of ether oxygens (including phenoxy) is 4. The Kier molecular flexibility index (Phi) is 13.4. The monoisotopic (exact) mass is 709 g/mol. The number of amides is 2. The van der Waals surface area contributed by atoms with Crippen molar-refractivity contribution in [3.8, 4) is 23.0 Å². The van der Waals surface area contributed by atoms with Gasteiger partial charge in [-0.3, -0.25) is 13.9 Å². The minimum Gasteiger partial charge on any atom is -0.497 e. The van der Waals surface area contributed by atoms with Gasteiger partial charge in [-0.2, -0.15) is 0 Å². The average Bonchev–Trinajstić information content (AvgIpc) is 3.06. The van der Waals surface area contributed by atoms with Crippen LogP contribution in [0.25, 0.3) is 0 Å². The molecule has 3 aromatic carbocycles. The summed E-state index contributed by atoms with van der Waals surface area (Å²) < 4.78 is 51.5. The molecule has 256 valence electrons. The lowest BCUT2D eigenvalue weighted by molar-refractivity contribution is -0.140. The van der Waals surface area contributed by atoms with E-state index in [0.717, 1.165) is 4.31 Å². The molecule has 1 N–H and O–H groups in total. The summed E-state index contributed by atoms with van der Waals surface area (Å²) in [6.07, 6.45) is 0.225. The number of halogens is 2. The van der Waals surface area contributed by atoms with Crippen LogP contribution in [0.2, 0.25) is 10.0 Å². The van der Waals surface area contributed by atoms with Gasteiger partial charge in [-0.1, -0.05) is 50.0 Å². The van der Waals surface area contributed by atoms with Crippen molar-refractivity contribution in [1.29, 1.82) is 0 Å². The molecule has 3 aromatic rings. The molecule has 0 heterocycles. The standard InChI is InChI=1S/C33H41Cl2N3O8S/c1-8-27(33(40)36-18-21(2)3)37(19-24-25(34)10-9-11-26(24)35)32(39)20-38(28-16-22(43-4)12-14-29(28)44-5)47(41,42)23-13-15-30(45-6)31(17-23)46-7/h9-17,21,27H,8,18-20H2,1-7H3,(H,36,40)/t27-/m1/s1. The zero-order valence-corrected chi connectivity index (χ0v) is 29.8. The molecule has 14 heteroatoms. The number of methoxy groups -OCH3 is 4. The third-order valence-corrected chi connectivity index (χ3v) is 9.80. The van der Waals surface area contributed by atoms with Crippen LogP contribution in [-0.4, -0.2) is 72.7 Å². The third kappa shape index (κ3) is 8.94. The van der Waals surface area contributed by atoms with Gasteiger partial charge in [-0.05, 0) is 48.7 Å². The Hall–Kier alpha value is -3.87. The highest BCUT2D eigenvalue weighted by Crippen LogP contribution is 2.38. The summed E-state index contributed by atoms with van der Waals surface area (Å²) in [6.45, 7) is 5.15. The molecular formula is C33H41Cl2N3O8S. The molecule has 11 nitrogen and oxygen atoms in total. The summed E-state index contributed by atoms with van der Waals surface area (Å²) in [4.78, 5) is 29.1. The molecular weight excluding hydrogens is 669 g/mol. The van der Waals surface area contributed by atoms with E-state index in [1.165, 1.54) is 63.7 Å². The second-order valence-electron chi connectivity index (χ2n) is 10.9. The Morgan fingerprint density at radius 1 is 0.851 bits per heavy atom. The van der Waals surface area contributed by atoms with Crippen molar-refractivity contribution in [2.75, 3.05) is 45.8 Å². The number of hydrogen-bond donors (Lipinski definition) is 1. The van der Waals surface area contributed by atoms with Crippen LogP contribution < -0.4 is 28.6 Å². The largest absolute Gasteiger partial charge is 0.497 e. The third-order valence-electron chi connectivity index (χ3n) is 7.34. The van der Waals surface area contributed by atoms with Gasteiger partial charge in [0.25, 0.3) is 10.0 Å². The predicted molar refractivity (Wildman–Crippen MR) is 183 cm³/mol. The van der Waals surface area contributed by atoms with Crippen LogP contribution in [0.15, 0.2) is 59.5 Å². The van der Waals surface area contributed by atoms with Gasteiger partial charge >= 0.3 is 0 Å². The van der Waals surface area contributed by atoms with Crippen LogP contribution >= 0.6 is 23.2 Å². The maximum Gasteiger partial charge on any atom is 0.265 e. The fourth-order valence-electron chi connectivity index (χ4n) is 4.80. The quantitative estimate of drug-likeness (QED) is 0.198. The molecule has 2 amide bonds. The average molecular weight is 711 g/mol. The van der Waals surface area contributed by atoms with Crippen LogP contribution in [0.3, 0.4) is 0 Å². The maximum atomic E-state index is 14.5. The van der Waals surface area contributed by atoms with E-state index in [4.69, 9.17) is 42.1 Å². The summed E-state index contributed by atoms with van der Waals surface area (Å²) in [5, 5.41) is 3.47. The first-order chi connectivity index (χ1) is 22.3.